The molecule has 2 unspecified atom stereocenters. The second-order valence-electron chi connectivity index (χ2n) is 5.70. The van der Waals surface area contributed by atoms with E-state index in [-0.39, 0.29) is 18.0 Å². The van der Waals surface area contributed by atoms with Crippen LogP contribution >= 0.6 is 0 Å². The van der Waals surface area contributed by atoms with Crippen LogP contribution in [0.3, 0.4) is 0 Å². The third-order valence-corrected chi connectivity index (χ3v) is 4.20. The topological polar surface area (TPSA) is 61.4 Å². The van der Waals surface area contributed by atoms with E-state index < -0.39 is 6.10 Å². The molecule has 1 heterocycles. The second kappa shape index (κ2) is 7.10. The number of hydrogen-bond acceptors (Lipinski definition) is 3. The van der Waals surface area contributed by atoms with Gasteiger partial charge in [-0.05, 0) is 32.2 Å². The molecule has 18 heavy (non-hydrogen) atoms. The lowest BCUT2D eigenvalue weighted by Crippen LogP contribution is -2.49. The van der Waals surface area contributed by atoms with E-state index in [4.69, 9.17) is 0 Å². The zero-order valence-electron chi connectivity index (χ0n) is 11.2. The largest absolute Gasteiger partial charge is 0.382 e. The molecule has 1 amide bonds. The SMILES string of the molecule is O=C(NC1CCCCCCC1)C(O)C1CCCN1. The Morgan fingerprint density at radius 1 is 1.06 bits per heavy atom. The molecule has 2 fully saturated rings. The van der Waals surface area contributed by atoms with Crippen molar-refractivity contribution < 1.29 is 9.90 Å². The van der Waals surface area contributed by atoms with Crippen LogP contribution in [0.5, 0.6) is 0 Å². The predicted molar refractivity (Wildman–Crippen MR) is 71.3 cm³/mol. The Morgan fingerprint density at radius 3 is 2.33 bits per heavy atom. The predicted octanol–water partition coefficient (Wildman–Crippen LogP) is 1.33. The fraction of sp³-hybridized carbons (Fsp3) is 0.929. The highest BCUT2D eigenvalue weighted by atomic mass is 16.3. The number of hydrogen-bond donors (Lipinski definition) is 3. The monoisotopic (exact) mass is 254 g/mol. The Labute approximate surface area is 110 Å². The average Bonchev–Trinajstić information content (AvgIpc) is 2.85. The third kappa shape index (κ3) is 3.95. The van der Waals surface area contributed by atoms with E-state index in [1.165, 1.54) is 32.1 Å². The Balaban J connectivity index is 1.77. The molecule has 2 aliphatic rings. The lowest BCUT2D eigenvalue weighted by molar-refractivity contribution is -0.131. The fourth-order valence-electron chi connectivity index (χ4n) is 3.05. The molecule has 104 valence electrons. The maximum atomic E-state index is 12.0. The van der Waals surface area contributed by atoms with Crippen LogP contribution in [0, 0.1) is 0 Å². The van der Waals surface area contributed by atoms with Gasteiger partial charge in [0, 0.05) is 12.1 Å². The van der Waals surface area contributed by atoms with Gasteiger partial charge in [0.15, 0.2) is 0 Å². The number of rotatable bonds is 3. The van der Waals surface area contributed by atoms with Gasteiger partial charge in [-0.1, -0.05) is 32.1 Å². The van der Waals surface area contributed by atoms with Crippen molar-refractivity contribution in [2.24, 2.45) is 0 Å². The van der Waals surface area contributed by atoms with Crippen molar-refractivity contribution in [1.82, 2.24) is 10.6 Å². The van der Waals surface area contributed by atoms with Crippen LogP contribution in [-0.4, -0.2) is 35.7 Å². The first-order chi connectivity index (χ1) is 8.77. The Kier molecular flexibility index (Phi) is 5.45. The molecule has 4 heteroatoms. The average molecular weight is 254 g/mol. The standard InChI is InChI=1S/C14H26N2O2/c17-13(12-9-6-10-15-12)14(18)16-11-7-4-2-1-3-5-8-11/h11-13,15,17H,1-10H2,(H,16,18). The zero-order chi connectivity index (χ0) is 12.8. The van der Waals surface area contributed by atoms with Crippen molar-refractivity contribution in [2.75, 3.05) is 6.54 Å². The first-order valence-electron chi connectivity index (χ1n) is 7.49. The van der Waals surface area contributed by atoms with Crippen molar-refractivity contribution in [3.63, 3.8) is 0 Å². The summed E-state index contributed by atoms with van der Waals surface area (Å²) in [6.07, 6.45) is 9.49. The van der Waals surface area contributed by atoms with Gasteiger partial charge in [-0.15, -0.1) is 0 Å². The van der Waals surface area contributed by atoms with Crippen LogP contribution in [0.1, 0.15) is 57.8 Å². The number of carbonyl (C=O) groups is 1. The maximum Gasteiger partial charge on any atom is 0.250 e. The number of aliphatic hydroxyl groups is 1. The van der Waals surface area contributed by atoms with Crippen LogP contribution in [0.4, 0.5) is 0 Å². The van der Waals surface area contributed by atoms with Crippen molar-refractivity contribution in [1.29, 1.82) is 0 Å². The summed E-state index contributed by atoms with van der Waals surface area (Å²) in [6, 6.07) is 0.229. The summed E-state index contributed by atoms with van der Waals surface area (Å²) < 4.78 is 0. The van der Waals surface area contributed by atoms with Gasteiger partial charge in [-0.25, -0.2) is 0 Å². The van der Waals surface area contributed by atoms with Crippen molar-refractivity contribution >= 4 is 5.91 Å². The number of amides is 1. The highest BCUT2D eigenvalue weighted by molar-refractivity contribution is 5.81. The van der Waals surface area contributed by atoms with Gasteiger partial charge >= 0.3 is 0 Å². The Hall–Kier alpha value is -0.610. The molecule has 1 aliphatic carbocycles. The summed E-state index contributed by atoms with van der Waals surface area (Å²) in [4.78, 5) is 12.0. The van der Waals surface area contributed by atoms with E-state index in [0.29, 0.717) is 0 Å². The van der Waals surface area contributed by atoms with E-state index in [9.17, 15) is 9.90 Å². The van der Waals surface area contributed by atoms with Crippen molar-refractivity contribution in [3.8, 4) is 0 Å². The van der Waals surface area contributed by atoms with Crippen molar-refractivity contribution in [2.45, 2.75) is 76.0 Å². The molecule has 0 aromatic rings. The van der Waals surface area contributed by atoms with Gasteiger partial charge in [0.25, 0.3) is 5.91 Å². The molecule has 4 nitrogen and oxygen atoms in total. The Morgan fingerprint density at radius 2 is 1.72 bits per heavy atom. The minimum absolute atomic E-state index is 0.0430. The number of nitrogens with one attached hydrogen (secondary N) is 2. The molecular formula is C14H26N2O2. The normalized spacial score (nSPS) is 28.4. The van der Waals surface area contributed by atoms with Crippen LogP contribution in [0.25, 0.3) is 0 Å². The molecule has 0 bridgehead atoms. The molecule has 2 rings (SSSR count). The van der Waals surface area contributed by atoms with Crippen LogP contribution in [0.2, 0.25) is 0 Å². The molecule has 0 aromatic heterocycles. The molecule has 1 saturated carbocycles. The smallest absolute Gasteiger partial charge is 0.250 e. The lowest BCUT2D eigenvalue weighted by atomic mass is 9.96. The fourth-order valence-corrected chi connectivity index (χ4v) is 3.05. The van der Waals surface area contributed by atoms with E-state index in [1.54, 1.807) is 0 Å². The zero-order valence-corrected chi connectivity index (χ0v) is 11.2. The summed E-state index contributed by atoms with van der Waals surface area (Å²) in [5.41, 5.74) is 0. The minimum atomic E-state index is -0.877. The molecule has 0 radical (unpaired) electrons. The molecule has 1 saturated heterocycles. The number of carbonyl (C=O) groups excluding carboxylic acids is 1. The minimum Gasteiger partial charge on any atom is -0.382 e. The quantitative estimate of drug-likeness (QED) is 0.712. The van der Waals surface area contributed by atoms with E-state index >= 15 is 0 Å². The summed E-state index contributed by atoms with van der Waals surface area (Å²) >= 11 is 0. The first kappa shape index (κ1) is 13.8. The molecule has 1 aliphatic heterocycles. The van der Waals surface area contributed by atoms with Crippen LogP contribution in [0.15, 0.2) is 0 Å². The van der Waals surface area contributed by atoms with Gasteiger partial charge < -0.3 is 15.7 Å². The molecule has 0 spiro atoms. The highest BCUT2D eigenvalue weighted by Gasteiger charge is 2.29. The van der Waals surface area contributed by atoms with Gasteiger partial charge in [-0.2, -0.15) is 0 Å². The maximum absolute atomic E-state index is 12.0. The number of aliphatic hydroxyl groups excluding tert-OH is 1. The van der Waals surface area contributed by atoms with Gasteiger partial charge in [-0.3, -0.25) is 4.79 Å². The third-order valence-electron chi connectivity index (χ3n) is 4.20. The van der Waals surface area contributed by atoms with Gasteiger partial charge in [0.05, 0.1) is 0 Å². The van der Waals surface area contributed by atoms with E-state index in [2.05, 4.69) is 10.6 Å². The Bertz CT molecular complexity index is 257. The molecule has 0 aromatic carbocycles. The molecule has 2 atom stereocenters. The summed E-state index contributed by atoms with van der Waals surface area (Å²) in [5.74, 6) is -0.181. The van der Waals surface area contributed by atoms with Crippen LogP contribution < -0.4 is 10.6 Å². The highest BCUT2D eigenvalue weighted by Crippen LogP contribution is 2.17. The van der Waals surface area contributed by atoms with Crippen molar-refractivity contribution in [3.05, 3.63) is 0 Å². The summed E-state index contributed by atoms with van der Waals surface area (Å²) in [7, 11) is 0. The summed E-state index contributed by atoms with van der Waals surface area (Å²) in [6.45, 7) is 0.915. The first-order valence-corrected chi connectivity index (χ1v) is 7.49. The van der Waals surface area contributed by atoms with E-state index in [1.807, 2.05) is 0 Å². The second-order valence-corrected chi connectivity index (χ2v) is 5.70. The lowest BCUT2D eigenvalue weighted by Gasteiger charge is -2.24. The van der Waals surface area contributed by atoms with Gasteiger partial charge in [0.2, 0.25) is 0 Å². The van der Waals surface area contributed by atoms with E-state index in [0.717, 1.165) is 32.2 Å². The van der Waals surface area contributed by atoms with Gasteiger partial charge in [0.1, 0.15) is 6.10 Å². The molecular weight excluding hydrogens is 228 g/mol. The molecule has 3 N–H and O–H groups in total. The summed E-state index contributed by atoms with van der Waals surface area (Å²) in [5, 5.41) is 16.2. The van der Waals surface area contributed by atoms with Crippen LogP contribution in [-0.2, 0) is 4.79 Å².